The summed E-state index contributed by atoms with van der Waals surface area (Å²) >= 11 is 0. The fourth-order valence-corrected chi connectivity index (χ4v) is 3.17. The van der Waals surface area contributed by atoms with Gasteiger partial charge in [-0.2, -0.15) is 8.78 Å². The van der Waals surface area contributed by atoms with Gasteiger partial charge >= 0.3 is 6.61 Å². The standard InChI is InChI=1S/C17H28F2N4O3S/c1-5-27(24,25)23(4)10-6-9-21-17(20-3)22-12-14-11-13(2)7-8-15(14)26-16(18)19/h7-8,11,16H,5-6,9-10,12H2,1-4H3,(H2,20,21,22). The maximum atomic E-state index is 12.5. The van der Waals surface area contributed by atoms with E-state index in [2.05, 4.69) is 20.4 Å². The van der Waals surface area contributed by atoms with E-state index in [0.29, 0.717) is 31.0 Å². The zero-order chi connectivity index (χ0) is 20.4. The number of rotatable bonds is 10. The topological polar surface area (TPSA) is 83.0 Å². The molecule has 0 aliphatic heterocycles. The highest BCUT2D eigenvalue weighted by atomic mass is 32.2. The van der Waals surface area contributed by atoms with Crippen molar-refractivity contribution in [1.29, 1.82) is 0 Å². The van der Waals surface area contributed by atoms with E-state index >= 15 is 0 Å². The fraction of sp³-hybridized carbons (Fsp3) is 0.588. The molecule has 0 bridgehead atoms. The van der Waals surface area contributed by atoms with E-state index in [1.165, 1.54) is 10.4 Å². The monoisotopic (exact) mass is 406 g/mol. The van der Waals surface area contributed by atoms with Crippen LogP contribution in [0.25, 0.3) is 0 Å². The fourth-order valence-electron chi connectivity index (χ4n) is 2.32. The summed E-state index contributed by atoms with van der Waals surface area (Å²) in [6, 6.07) is 4.98. The molecule has 0 atom stereocenters. The quantitative estimate of drug-likeness (QED) is 0.352. The van der Waals surface area contributed by atoms with Crippen molar-refractivity contribution in [2.45, 2.75) is 33.4 Å². The highest BCUT2D eigenvalue weighted by molar-refractivity contribution is 7.89. The lowest BCUT2D eigenvalue weighted by Gasteiger charge is -2.17. The lowest BCUT2D eigenvalue weighted by molar-refractivity contribution is -0.0504. The van der Waals surface area contributed by atoms with E-state index in [1.54, 1.807) is 33.2 Å². The van der Waals surface area contributed by atoms with Gasteiger partial charge in [-0.15, -0.1) is 0 Å². The number of halogens is 2. The van der Waals surface area contributed by atoms with E-state index < -0.39 is 16.6 Å². The first-order valence-corrected chi connectivity index (χ1v) is 10.2. The molecule has 0 unspecified atom stereocenters. The summed E-state index contributed by atoms with van der Waals surface area (Å²) < 4.78 is 54.3. The van der Waals surface area contributed by atoms with Gasteiger partial charge in [0, 0.05) is 39.3 Å². The van der Waals surface area contributed by atoms with E-state index in [4.69, 9.17) is 0 Å². The molecule has 1 aromatic rings. The van der Waals surface area contributed by atoms with Crippen LogP contribution in [0.4, 0.5) is 8.78 Å². The Labute approximate surface area is 159 Å². The highest BCUT2D eigenvalue weighted by Gasteiger charge is 2.14. The predicted octanol–water partition coefficient (Wildman–Crippen LogP) is 1.93. The average Bonchev–Trinajstić information content (AvgIpc) is 2.62. The Morgan fingerprint density at radius 3 is 2.63 bits per heavy atom. The summed E-state index contributed by atoms with van der Waals surface area (Å²) in [4.78, 5) is 4.07. The molecule has 1 aromatic carbocycles. The van der Waals surface area contributed by atoms with Crippen molar-refractivity contribution < 1.29 is 21.9 Å². The SMILES string of the molecule is CCS(=O)(=O)N(C)CCCNC(=NC)NCc1cc(C)ccc1OC(F)F. The van der Waals surface area contributed by atoms with Crippen LogP contribution in [0.3, 0.4) is 0 Å². The number of ether oxygens (including phenoxy) is 1. The van der Waals surface area contributed by atoms with Crippen LogP contribution in [0, 0.1) is 6.92 Å². The number of hydrogen-bond acceptors (Lipinski definition) is 4. The molecule has 154 valence electrons. The van der Waals surface area contributed by atoms with Gasteiger partial charge in [-0.3, -0.25) is 4.99 Å². The molecule has 2 N–H and O–H groups in total. The molecule has 0 aliphatic carbocycles. The van der Waals surface area contributed by atoms with Crippen molar-refractivity contribution in [2.75, 3.05) is 32.9 Å². The number of guanidine groups is 1. The van der Waals surface area contributed by atoms with Gasteiger partial charge < -0.3 is 15.4 Å². The number of aliphatic imine (C=N–C) groups is 1. The zero-order valence-electron chi connectivity index (χ0n) is 16.1. The molecule has 27 heavy (non-hydrogen) atoms. The van der Waals surface area contributed by atoms with E-state index in [9.17, 15) is 17.2 Å². The molecule has 0 aromatic heterocycles. The number of sulfonamides is 1. The first kappa shape index (κ1) is 23.1. The summed E-state index contributed by atoms with van der Waals surface area (Å²) in [5.74, 6) is 0.671. The van der Waals surface area contributed by atoms with Crippen molar-refractivity contribution >= 4 is 16.0 Å². The second-order valence-corrected chi connectivity index (χ2v) is 8.28. The Hall–Kier alpha value is -1.94. The van der Waals surface area contributed by atoms with Crippen LogP contribution in [0.1, 0.15) is 24.5 Å². The summed E-state index contributed by atoms with van der Waals surface area (Å²) in [5.41, 5.74) is 1.52. The minimum atomic E-state index is -3.19. The zero-order valence-corrected chi connectivity index (χ0v) is 16.9. The third-order valence-electron chi connectivity index (χ3n) is 3.88. The first-order chi connectivity index (χ1) is 12.7. The number of nitrogens with zero attached hydrogens (tertiary/aromatic N) is 2. The Bertz CT molecular complexity index is 727. The normalized spacial score (nSPS) is 12.5. The Kier molecular flexibility index (Phi) is 9.44. The van der Waals surface area contributed by atoms with Crippen LogP contribution in [0.2, 0.25) is 0 Å². The first-order valence-electron chi connectivity index (χ1n) is 8.62. The summed E-state index contributed by atoms with van der Waals surface area (Å²) in [6.45, 7) is 1.74. The second kappa shape index (κ2) is 11.0. The Balaban J connectivity index is 2.53. The van der Waals surface area contributed by atoms with E-state index in [1.807, 2.05) is 6.92 Å². The smallest absolute Gasteiger partial charge is 0.387 e. The molecule has 7 nitrogen and oxygen atoms in total. The number of aryl methyl sites for hydroxylation is 1. The molecular formula is C17H28F2N4O3S. The summed E-state index contributed by atoms with van der Waals surface area (Å²) in [6.07, 6.45) is 0.598. The van der Waals surface area contributed by atoms with Gasteiger partial charge in [0.2, 0.25) is 10.0 Å². The summed E-state index contributed by atoms with van der Waals surface area (Å²) in [5, 5.41) is 6.11. The van der Waals surface area contributed by atoms with Gasteiger partial charge in [-0.05, 0) is 26.3 Å². The maximum Gasteiger partial charge on any atom is 0.387 e. The minimum Gasteiger partial charge on any atom is -0.434 e. The van der Waals surface area contributed by atoms with Crippen molar-refractivity contribution in [1.82, 2.24) is 14.9 Å². The Morgan fingerprint density at radius 1 is 1.33 bits per heavy atom. The number of nitrogens with one attached hydrogen (secondary N) is 2. The average molecular weight is 406 g/mol. The van der Waals surface area contributed by atoms with Crippen LogP contribution in [0.5, 0.6) is 5.75 Å². The van der Waals surface area contributed by atoms with Gasteiger partial charge in [0.25, 0.3) is 0 Å². The van der Waals surface area contributed by atoms with Crippen LogP contribution in [-0.4, -0.2) is 58.2 Å². The van der Waals surface area contributed by atoms with Gasteiger partial charge in [0.15, 0.2) is 5.96 Å². The molecule has 0 spiro atoms. The van der Waals surface area contributed by atoms with E-state index in [0.717, 1.165) is 5.56 Å². The van der Waals surface area contributed by atoms with Crippen LogP contribution >= 0.6 is 0 Å². The summed E-state index contributed by atoms with van der Waals surface area (Å²) in [7, 11) is -0.0422. The van der Waals surface area contributed by atoms with Crippen LogP contribution in [-0.2, 0) is 16.6 Å². The second-order valence-electron chi connectivity index (χ2n) is 5.92. The molecule has 0 aliphatic rings. The molecule has 0 radical (unpaired) electrons. The third-order valence-corrected chi connectivity index (χ3v) is 5.75. The van der Waals surface area contributed by atoms with Gasteiger partial charge in [0.05, 0.1) is 5.75 Å². The van der Waals surface area contributed by atoms with Gasteiger partial charge in [-0.25, -0.2) is 12.7 Å². The van der Waals surface area contributed by atoms with Gasteiger partial charge in [-0.1, -0.05) is 17.7 Å². The van der Waals surface area contributed by atoms with Crippen LogP contribution in [0.15, 0.2) is 23.2 Å². The minimum absolute atomic E-state index is 0.0691. The number of hydrogen-bond donors (Lipinski definition) is 2. The van der Waals surface area contributed by atoms with Gasteiger partial charge in [0.1, 0.15) is 5.75 Å². The molecule has 10 heteroatoms. The third kappa shape index (κ3) is 8.08. The molecular weight excluding hydrogens is 378 g/mol. The lowest BCUT2D eigenvalue weighted by Crippen LogP contribution is -2.38. The van der Waals surface area contributed by atoms with Crippen molar-refractivity contribution in [3.63, 3.8) is 0 Å². The van der Waals surface area contributed by atoms with Crippen molar-refractivity contribution in [3.8, 4) is 5.75 Å². The van der Waals surface area contributed by atoms with E-state index in [-0.39, 0.29) is 18.0 Å². The highest BCUT2D eigenvalue weighted by Crippen LogP contribution is 2.21. The number of alkyl halides is 2. The Morgan fingerprint density at radius 2 is 2.04 bits per heavy atom. The van der Waals surface area contributed by atoms with Crippen molar-refractivity contribution in [2.24, 2.45) is 4.99 Å². The molecule has 0 heterocycles. The molecule has 1 rings (SSSR count). The van der Waals surface area contributed by atoms with Crippen LogP contribution < -0.4 is 15.4 Å². The maximum absolute atomic E-state index is 12.5. The largest absolute Gasteiger partial charge is 0.434 e. The molecule has 0 fully saturated rings. The lowest BCUT2D eigenvalue weighted by atomic mass is 10.1. The number of benzene rings is 1. The molecule has 0 saturated carbocycles. The predicted molar refractivity (Wildman–Crippen MR) is 103 cm³/mol. The molecule has 0 amide bonds. The molecule has 0 saturated heterocycles. The van der Waals surface area contributed by atoms with Crippen molar-refractivity contribution in [3.05, 3.63) is 29.3 Å².